The van der Waals surface area contributed by atoms with Gasteiger partial charge < -0.3 is 20.4 Å². The molecule has 2 aliphatic heterocycles. The summed E-state index contributed by atoms with van der Waals surface area (Å²) in [5, 5.41) is 22.5. The summed E-state index contributed by atoms with van der Waals surface area (Å²) in [6.07, 6.45) is 3.31. The van der Waals surface area contributed by atoms with Crippen molar-refractivity contribution in [2.45, 2.75) is 19.3 Å². The number of carboxylic acid groups (broad SMARTS) is 2. The second kappa shape index (κ2) is 7.63. The molecule has 0 amide bonds. The first-order valence-corrected chi connectivity index (χ1v) is 9.05. The van der Waals surface area contributed by atoms with Gasteiger partial charge in [0.15, 0.2) is 0 Å². The highest BCUT2D eigenvalue weighted by Gasteiger charge is 2.47. The lowest BCUT2D eigenvalue weighted by Crippen LogP contribution is -2.53. The molecule has 2 aliphatic rings. The Bertz CT molecular complexity index is 731. The Morgan fingerprint density at radius 2 is 2.00 bits per heavy atom. The van der Waals surface area contributed by atoms with E-state index >= 15 is 0 Å². The van der Waals surface area contributed by atoms with Crippen LogP contribution in [0.2, 0.25) is 5.15 Å². The minimum atomic E-state index is -1.23. The first-order valence-electron chi connectivity index (χ1n) is 8.67. The minimum Gasteiger partial charge on any atom is -0.478 e. The summed E-state index contributed by atoms with van der Waals surface area (Å²) in [6, 6.07) is 5.33. The van der Waals surface area contributed by atoms with Crippen LogP contribution >= 0.6 is 11.6 Å². The third-order valence-electron chi connectivity index (χ3n) is 5.55. The molecule has 140 valence electrons. The van der Waals surface area contributed by atoms with Gasteiger partial charge in [-0.05, 0) is 49.9 Å². The van der Waals surface area contributed by atoms with E-state index in [1.165, 1.54) is 0 Å². The highest BCUT2D eigenvalue weighted by atomic mass is 35.5. The van der Waals surface area contributed by atoms with Gasteiger partial charge in [-0.15, -0.1) is 0 Å². The summed E-state index contributed by atoms with van der Waals surface area (Å²) in [7, 11) is 0. The van der Waals surface area contributed by atoms with Gasteiger partial charge >= 0.3 is 11.9 Å². The topological polar surface area (TPSA) is 103 Å². The molecule has 8 heteroatoms. The number of piperidine rings is 2. The lowest BCUT2D eigenvalue weighted by atomic mass is 9.62. The largest absolute Gasteiger partial charge is 0.478 e. The number of rotatable bonds is 4. The molecule has 1 aromatic heterocycles. The van der Waals surface area contributed by atoms with Gasteiger partial charge in [0.1, 0.15) is 11.0 Å². The number of aliphatic carboxylic acids is 2. The molecule has 3 rings (SSSR count). The number of nitrogens with one attached hydrogen (secondary N) is 1. The molecule has 26 heavy (non-hydrogen) atoms. The number of pyridine rings is 1. The van der Waals surface area contributed by atoms with Crippen LogP contribution in [0.5, 0.6) is 0 Å². The molecule has 0 bridgehead atoms. The van der Waals surface area contributed by atoms with Gasteiger partial charge in [0.25, 0.3) is 0 Å². The third-order valence-corrected chi connectivity index (χ3v) is 5.76. The zero-order valence-corrected chi connectivity index (χ0v) is 15.1. The summed E-state index contributed by atoms with van der Waals surface area (Å²) in [4.78, 5) is 29.4. The smallest absolute Gasteiger partial charge is 0.332 e. The molecule has 0 aromatic carbocycles. The van der Waals surface area contributed by atoms with E-state index in [4.69, 9.17) is 11.6 Å². The SMILES string of the molecule is O=C(O)C=C(C(=O)O)C1CN(c2cccc(Cl)n2)CCC12CCNCC2. The van der Waals surface area contributed by atoms with Crippen molar-refractivity contribution < 1.29 is 19.8 Å². The van der Waals surface area contributed by atoms with Crippen molar-refractivity contribution in [1.82, 2.24) is 10.3 Å². The number of halogens is 1. The zero-order chi connectivity index (χ0) is 18.7. The highest BCUT2D eigenvalue weighted by Crippen LogP contribution is 2.47. The molecular weight excluding hydrogens is 358 g/mol. The van der Waals surface area contributed by atoms with Crippen LogP contribution in [-0.4, -0.2) is 53.3 Å². The highest BCUT2D eigenvalue weighted by molar-refractivity contribution is 6.29. The molecule has 1 unspecified atom stereocenters. The average Bonchev–Trinajstić information content (AvgIpc) is 2.61. The quantitative estimate of drug-likeness (QED) is 0.543. The Morgan fingerprint density at radius 3 is 2.62 bits per heavy atom. The van der Waals surface area contributed by atoms with Crippen molar-refractivity contribution in [2.75, 3.05) is 31.1 Å². The van der Waals surface area contributed by atoms with Crippen molar-refractivity contribution in [3.05, 3.63) is 35.0 Å². The van der Waals surface area contributed by atoms with Gasteiger partial charge in [0.2, 0.25) is 0 Å². The fourth-order valence-electron chi connectivity index (χ4n) is 4.21. The van der Waals surface area contributed by atoms with Crippen molar-refractivity contribution >= 4 is 29.4 Å². The van der Waals surface area contributed by atoms with Gasteiger partial charge in [-0.25, -0.2) is 14.6 Å². The minimum absolute atomic E-state index is 0.0360. The molecule has 3 N–H and O–H groups in total. The van der Waals surface area contributed by atoms with Crippen LogP contribution < -0.4 is 10.2 Å². The van der Waals surface area contributed by atoms with Crippen LogP contribution in [0.4, 0.5) is 5.82 Å². The fraction of sp³-hybridized carbons (Fsp3) is 0.500. The van der Waals surface area contributed by atoms with Crippen molar-refractivity contribution in [1.29, 1.82) is 0 Å². The lowest BCUT2D eigenvalue weighted by Gasteiger charge is -2.50. The fourth-order valence-corrected chi connectivity index (χ4v) is 4.37. The number of hydrogen-bond acceptors (Lipinski definition) is 5. The summed E-state index contributed by atoms with van der Waals surface area (Å²) >= 11 is 6.00. The van der Waals surface area contributed by atoms with E-state index in [-0.39, 0.29) is 16.9 Å². The molecule has 1 atom stereocenters. The predicted molar refractivity (Wildman–Crippen MR) is 97.5 cm³/mol. The molecule has 0 saturated carbocycles. The number of hydrogen-bond donors (Lipinski definition) is 3. The number of nitrogens with zero attached hydrogens (tertiary/aromatic N) is 2. The maximum absolute atomic E-state index is 11.9. The van der Waals surface area contributed by atoms with Gasteiger partial charge in [0.05, 0.1) is 0 Å². The second-order valence-electron chi connectivity index (χ2n) is 6.92. The monoisotopic (exact) mass is 379 g/mol. The van der Waals surface area contributed by atoms with Gasteiger partial charge in [-0.2, -0.15) is 0 Å². The van der Waals surface area contributed by atoms with E-state index in [0.717, 1.165) is 45.0 Å². The maximum atomic E-state index is 11.9. The Hall–Kier alpha value is -2.12. The molecule has 1 aromatic rings. The number of carboxylic acids is 2. The number of anilines is 1. The molecule has 3 heterocycles. The molecule has 0 radical (unpaired) electrons. The number of aromatic nitrogens is 1. The van der Waals surface area contributed by atoms with E-state index in [1.54, 1.807) is 12.1 Å². The first kappa shape index (κ1) is 18.7. The van der Waals surface area contributed by atoms with Crippen LogP contribution in [0, 0.1) is 11.3 Å². The average molecular weight is 380 g/mol. The van der Waals surface area contributed by atoms with E-state index in [2.05, 4.69) is 10.3 Å². The van der Waals surface area contributed by atoms with Crippen molar-refractivity contribution in [3.8, 4) is 0 Å². The predicted octanol–water partition coefficient (Wildman–Crippen LogP) is 2.03. The van der Waals surface area contributed by atoms with Gasteiger partial charge in [-0.1, -0.05) is 17.7 Å². The van der Waals surface area contributed by atoms with E-state index in [9.17, 15) is 19.8 Å². The Kier molecular flexibility index (Phi) is 5.48. The summed E-state index contributed by atoms with van der Waals surface area (Å²) < 4.78 is 0. The molecular formula is C18H22ClN3O4. The molecule has 1 spiro atoms. The molecule has 2 fully saturated rings. The zero-order valence-electron chi connectivity index (χ0n) is 14.3. The Balaban J connectivity index is 1.97. The summed E-state index contributed by atoms with van der Waals surface area (Å²) in [5.41, 5.74) is -0.244. The first-order chi connectivity index (χ1) is 12.4. The van der Waals surface area contributed by atoms with Gasteiger partial charge in [0, 0.05) is 30.7 Å². The van der Waals surface area contributed by atoms with Crippen LogP contribution in [0.25, 0.3) is 0 Å². The van der Waals surface area contributed by atoms with Crippen LogP contribution in [-0.2, 0) is 9.59 Å². The normalized spacial score (nSPS) is 23.0. The molecule has 2 saturated heterocycles. The van der Waals surface area contributed by atoms with Gasteiger partial charge in [-0.3, -0.25) is 0 Å². The Labute approximate surface area is 156 Å². The van der Waals surface area contributed by atoms with Crippen LogP contribution in [0.15, 0.2) is 29.8 Å². The van der Waals surface area contributed by atoms with Crippen LogP contribution in [0.3, 0.4) is 0 Å². The summed E-state index contributed by atoms with van der Waals surface area (Å²) in [6.45, 7) is 2.78. The standard InChI is InChI=1S/C18H22ClN3O4/c19-14-2-1-3-15(21-14)22-9-6-18(4-7-20-8-5-18)13(11-22)12(17(25)26)10-16(23)24/h1-3,10,13,20H,4-9,11H2,(H,23,24)(H,25,26). The lowest BCUT2D eigenvalue weighted by molar-refractivity contribution is -0.136. The maximum Gasteiger partial charge on any atom is 0.332 e. The Morgan fingerprint density at radius 1 is 1.27 bits per heavy atom. The molecule has 7 nitrogen and oxygen atoms in total. The number of carbonyl (C=O) groups is 2. The van der Waals surface area contributed by atoms with E-state index in [1.807, 2.05) is 11.0 Å². The van der Waals surface area contributed by atoms with E-state index in [0.29, 0.717) is 17.5 Å². The summed E-state index contributed by atoms with van der Waals surface area (Å²) in [5.74, 6) is -2.10. The van der Waals surface area contributed by atoms with Crippen LogP contribution in [0.1, 0.15) is 19.3 Å². The van der Waals surface area contributed by atoms with E-state index < -0.39 is 11.9 Å². The second-order valence-corrected chi connectivity index (χ2v) is 7.31. The third kappa shape index (κ3) is 3.83. The van der Waals surface area contributed by atoms with Crippen molar-refractivity contribution in [3.63, 3.8) is 0 Å². The van der Waals surface area contributed by atoms with Crippen molar-refractivity contribution in [2.24, 2.45) is 11.3 Å². The molecule has 0 aliphatic carbocycles.